The molecule has 142 valence electrons. The molecule has 5 heteroatoms. The highest BCUT2D eigenvalue weighted by molar-refractivity contribution is 5.41. The largest absolute Gasteiger partial charge is 0.497 e. The number of nitrogens with zero attached hydrogens (tertiary/aromatic N) is 2. The van der Waals surface area contributed by atoms with Crippen molar-refractivity contribution in [1.82, 2.24) is 14.9 Å². The number of hydrogen-bond donors (Lipinski definition) is 1. The lowest BCUT2D eigenvalue weighted by molar-refractivity contribution is 0.392. The smallest absolute Gasteiger partial charge is 0.130 e. The Balaban J connectivity index is 1.96. The first-order chi connectivity index (χ1) is 13.0. The van der Waals surface area contributed by atoms with E-state index >= 15 is 0 Å². The van der Waals surface area contributed by atoms with Gasteiger partial charge in [0.2, 0.25) is 0 Å². The van der Waals surface area contributed by atoms with Gasteiger partial charge in [0.1, 0.15) is 17.3 Å². The number of rotatable bonds is 7. The SMILES string of the molecule is COc1cc(OC)cc(C(NCc2cc(C)cc(C)c2)c2nccn2C)c1. The molecule has 1 heterocycles. The summed E-state index contributed by atoms with van der Waals surface area (Å²) < 4.78 is 12.9. The maximum absolute atomic E-state index is 5.45. The third-order valence-electron chi connectivity index (χ3n) is 4.62. The number of methoxy groups -OCH3 is 2. The molecule has 0 bridgehead atoms. The fourth-order valence-electron chi connectivity index (χ4n) is 3.40. The first-order valence-electron chi connectivity index (χ1n) is 9.01. The molecule has 2 aromatic carbocycles. The first kappa shape index (κ1) is 19.0. The Morgan fingerprint density at radius 2 is 1.59 bits per heavy atom. The molecule has 3 rings (SSSR count). The van der Waals surface area contributed by atoms with Crippen LogP contribution >= 0.6 is 0 Å². The summed E-state index contributed by atoms with van der Waals surface area (Å²) >= 11 is 0. The first-order valence-corrected chi connectivity index (χ1v) is 9.01. The number of ether oxygens (including phenoxy) is 2. The Bertz CT molecular complexity index is 875. The van der Waals surface area contributed by atoms with E-state index in [1.165, 1.54) is 16.7 Å². The summed E-state index contributed by atoms with van der Waals surface area (Å²) in [6, 6.07) is 12.4. The Morgan fingerprint density at radius 3 is 2.11 bits per heavy atom. The van der Waals surface area contributed by atoms with Gasteiger partial charge in [0.15, 0.2) is 0 Å². The van der Waals surface area contributed by atoms with Gasteiger partial charge in [-0.15, -0.1) is 0 Å². The molecule has 27 heavy (non-hydrogen) atoms. The molecule has 0 saturated carbocycles. The fraction of sp³-hybridized carbons (Fsp3) is 0.318. The minimum Gasteiger partial charge on any atom is -0.497 e. The van der Waals surface area contributed by atoms with Gasteiger partial charge in [-0.2, -0.15) is 0 Å². The highest BCUT2D eigenvalue weighted by atomic mass is 16.5. The highest BCUT2D eigenvalue weighted by Gasteiger charge is 2.20. The molecule has 3 aromatic rings. The van der Waals surface area contributed by atoms with E-state index in [1.54, 1.807) is 14.2 Å². The van der Waals surface area contributed by atoms with Crippen molar-refractivity contribution in [1.29, 1.82) is 0 Å². The van der Waals surface area contributed by atoms with Gasteiger partial charge >= 0.3 is 0 Å². The second-order valence-electron chi connectivity index (χ2n) is 6.85. The summed E-state index contributed by atoms with van der Waals surface area (Å²) in [4.78, 5) is 4.57. The fourth-order valence-corrected chi connectivity index (χ4v) is 3.40. The van der Waals surface area contributed by atoms with Crippen LogP contribution in [0.15, 0.2) is 48.8 Å². The Hall–Kier alpha value is -2.79. The van der Waals surface area contributed by atoms with E-state index in [1.807, 2.05) is 42.2 Å². The average molecular weight is 365 g/mol. The standard InChI is InChI=1S/C22H27N3O2/c1-15-8-16(2)10-17(9-15)14-24-21(22-23-6-7-25(22)3)18-11-19(26-4)13-20(12-18)27-5/h6-13,21,24H,14H2,1-5H3. The topological polar surface area (TPSA) is 48.3 Å². The molecule has 0 aliphatic carbocycles. The Morgan fingerprint density at radius 1 is 0.963 bits per heavy atom. The van der Waals surface area contributed by atoms with Gasteiger partial charge in [0.05, 0.1) is 20.3 Å². The van der Waals surface area contributed by atoms with E-state index in [9.17, 15) is 0 Å². The minimum atomic E-state index is -0.0881. The zero-order valence-corrected chi connectivity index (χ0v) is 16.6. The zero-order chi connectivity index (χ0) is 19.4. The summed E-state index contributed by atoms with van der Waals surface area (Å²) in [6.07, 6.45) is 3.77. The van der Waals surface area contributed by atoms with Crippen molar-refractivity contribution in [3.63, 3.8) is 0 Å². The van der Waals surface area contributed by atoms with Crippen LogP contribution in [-0.4, -0.2) is 23.8 Å². The lowest BCUT2D eigenvalue weighted by Crippen LogP contribution is -2.25. The number of benzene rings is 2. The highest BCUT2D eigenvalue weighted by Crippen LogP contribution is 2.29. The molecule has 0 spiro atoms. The number of aryl methyl sites for hydroxylation is 3. The molecule has 5 nitrogen and oxygen atoms in total. The number of imidazole rings is 1. The van der Waals surface area contributed by atoms with Crippen molar-refractivity contribution >= 4 is 0 Å². The molecule has 0 aliphatic rings. The number of hydrogen-bond acceptors (Lipinski definition) is 4. The molecule has 0 aliphatic heterocycles. The number of nitrogens with one attached hydrogen (secondary N) is 1. The van der Waals surface area contributed by atoms with Crippen LogP contribution < -0.4 is 14.8 Å². The van der Waals surface area contributed by atoms with Crippen LogP contribution in [0, 0.1) is 13.8 Å². The second-order valence-corrected chi connectivity index (χ2v) is 6.85. The lowest BCUT2D eigenvalue weighted by Gasteiger charge is -2.21. The van der Waals surface area contributed by atoms with Gasteiger partial charge < -0.3 is 14.0 Å². The second kappa shape index (κ2) is 8.27. The summed E-state index contributed by atoms with van der Waals surface area (Å²) in [6.45, 7) is 4.99. The predicted octanol–water partition coefficient (Wildman–Crippen LogP) is 3.93. The maximum atomic E-state index is 5.45. The van der Waals surface area contributed by atoms with Crippen LogP contribution in [0.4, 0.5) is 0 Å². The zero-order valence-electron chi connectivity index (χ0n) is 16.6. The van der Waals surface area contributed by atoms with Crippen LogP contribution in [0.25, 0.3) is 0 Å². The van der Waals surface area contributed by atoms with Crippen molar-refractivity contribution in [3.8, 4) is 11.5 Å². The van der Waals surface area contributed by atoms with Crippen molar-refractivity contribution in [3.05, 3.63) is 76.9 Å². The molecule has 0 amide bonds. The molecule has 1 atom stereocenters. The van der Waals surface area contributed by atoms with Gasteiger partial charge in [-0.25, -0.2) is 4.98 Å². The normalized spacial score (nSPS) is 12.0. The molecule has 1 N–H and O–H groups in total. The van der Waals surface area contributed by atoms with Crippen LogP contribution in [-0.2, 0) is 13.6 Å². The molecule has 0 fully saturated rings. The van der Waals surface area contributed by atoms with Gasteiger partial charge in [-0.3, -0.25) is 5.32 Å². The van der Waals surface area contributed by atoms with E-state index in [0.29, 0.717) is 0 Å². The molecule has 0 radical (unpaired) electrons. The van der Waals surface area contributed by atoms with E-state index in [-0.39, 0.29) is 6.04 Å². The van der Waals surface area contributed by atoms with Crippen LogP contribution in [0.1, 0.15) is 34.1 Å². The molecular weight excluding hydrogens is 338 g/mol. The van der Waals surface area contributed by atoms with Crippen LogP contribution in [0.5, 0.6) is 11.5 Å². The predicted molar refractivity (Wildman–Crippen MR) is 107 cm³/mol. The lowest BCUT2D eigenvalue weighted by atomic mass is 10.0. The van der Waals surface area contributed by atoms with Gasteiger partial charge in [0, 0.05) is 32.1 Å². The van der Waals surface area contributed by atoms with Crippen molar-refractivity contribution < 1.29 is 9.47 Å². The summed E-state index contributed by atoms with van der Waals surface area (Å²) in [5, 5.41) is 3.66. The van der Waals surface area contributed by atoms with E-state index < -0.39 is 0 Å². The summed E-state index contributed by atoms with van der Waals surface area (Å²) in [7, 11) is 5.33. The maximum Gasteiger partial charge on any atom is 0.130 e. The van der Waals surface area contributed by atoms with Gasteiger partial charge in [-0.05, 0) is 37.1 Å². The molecule has 1 aromatic heterocycles. The minimum absolute atomic E-state index is 0.0881. The average Bonchev–Trinajstić information content (AvgIpc) is 3.06. The van der Waals surface area contributed by atoms with Crippen LogP contribution in [0.2, 0.25) is 0 Å². The quantitative estimate of drug-likeness (QED) is 0.689. The van der Waals surface area contributed by atoms with E-state index in [4.69, 9.17) is 9.47 Å². The van der Waals surface area contributed by atoms with Crippen molar-refractivity contribution in [2.45, 2.75) is 26.4 Å². The summed E-state index contributed by atoms with van der Waals surface area (Å²) in [5.74, 6) is 2.46. The van der Waals surface area contributed by atoms with Crippen LogP contribution in [0.3, 0.4) is 0 Å². The van der Waals surface area contributed by atoms with Crippen molar-refractivity contribution in [2.24, 2.45) is 7.05 Å². The molecule has 0 saturated heterocycles. The molecule has 1 unspecified atom stereocenters. The third kappa shape index (κ3) is 4.49. The Kier molecular flexibility index (Phi) is 5.81. The van der Waals surface area contributed by atoms with E-state index in [0.717, 1.165) is 29.4 Å². The number of aromatic nitrogens is 2. The monoisotopic (exact) mass is 365 g/mol. The summed E-state index contributed by atoms with van der Waals surface area (Å²) in [5.41, 5.74) is 4.83. The molecular formula is C22H27N3O2. The third-order valence-corrected chi connectivity index (χ3v) is 4.62. The van der Waals surface area contributed by atoms with Gasteiger partial charge in [0.25, 0.3) is 0 Å². The van der Waals surface area contributed by atoms with E-state index in [2.05, 4.69) is 42.3 Å². The van der Waals surface area contributed by atoms with Gasteiger partial charge in [-0.1, -0.05) is 29.3 Å². The Labute approximate surface area is 161 Å². The van der Waals surface area contributed by atoms with Crippen molar-refractivity contribution in [2.75, 3.05) is 14.2 Å².